The number of rotatable bonds is 13. The summed E-state index contributed by atoms with van der Waals surface area (Å²) < 4.78 is 46.9. The van der Waals surface area contributed by atoms with Crippen molar-refractivity contribution in [1.82, 2.24) is 20.0 Å². The van der Waals surface area contributed by atoms with Crippen LogP contribution in [0.15, 0.2) is 52.2 Å². The Morgan fingerprint density at radius 1 is 1.07 bits per heavy atom. The third-order valence-corrected chi connectivity index (χ3v) is 7.95. The number of nitrogens with zero attached hydrogens (tertiary/aromatic N) is 1. The second-order valence-corrected chi connectivity index (χ2v) is 13.0. The Bertz CT molecular complexity index is 1590. The zero-order valence-corrected chi connectivity index (χ0v) is 27.5. The van der Waals surface area contributed by atoms with Gasteiger partial charge in [0.25, 0.3) is 5.56 Å². The van der Waals surface area contributed by atoms with E-state index in [2.05, 4.69) is 15.4 Å². The molecule has 46 heavy (non-hydrogen) atoms. The van der Waals surface area contributed by atoms with Crippen molar-refractivity contribution in [3.05, 3.63) is 74.6 Å². The fourth-order valence-corrected chi connectivity index (χ4v) is 5.59. The van der Waals surface area contributed by atoms with E-state index in [0.717, 1.165) is 0 Å². The molecule has 0 saturated heterocycles. The predicted octanol–water partition coefficient (Wildman–Crippen LogP) is 2.26. The molecule has 0 bridgehead atoms. The molecule has 1 amide bonds. The van der Waals surface area contributed by atoms with Crippen LogP contribution in [0.2, 0.25) is 0 Å². The number of esters is 2. The lowest BCUT2D eigenvalue weighted by Gasteiger charge is -2.24. The molecule has 2 heterocycles. The summed E-state index contributed by atoms with van der Waals surface area (Å²) in [7, 11) is -1.90. The number of carbonyl (C=O) groups excluding carboxylic acids is 3. The van der Waals surface area contributed by atoms with Crippen LogP contribution < -0.4 is 26.2 Å². The molecule has 0 fully saturated rings. The molecule has 0 spiro atoms. The summed E-state index contributed by atoms with van der Waals surface area (Å²) in [5.41, 5.74) is -1.06. The minimum Gasteiger partial charge on any atom is -0.468 e. The number of aryl methyl sites for hydroxylation is 1. The molecular weight excluding hydrogens is 627 g/mol. The van der Waals surface area contributed by atoms with Crippen LogP contribution >= 0.6 is 7.75 Å². The maximum Gasteiger partial charge on any atom is 0.459 e. The SMILES string of the molecule is COC(=O)C(C)NP(=O)(OCC1C=CC(n2cc(C)c(=O)[nH]c2=O)O1)Oc1ccc(CC(NC(=O)OC(C)(C)C)C(=O)OC)cc1. The molecule has 252 valence electrons. The number of carbonyl (C=O) groups is 3. The second kappa shape index (κ2) is 15.4. The second-order valence-electron chi connectivity index (χ2n) is 11.3. The zero-order chi connectivity index (χ0) is 34.2. The highest BCUT2D eigenvalue weighted by atomic mass is 31.2. The lowest BCUT2D eigenvalue weighted by molar-refractivity contribution is -0.143. The van der Waals surface area contributed by atoms with Crippen LogP contribution in [0.3, 0.4) is 0 Å². The Balaban J connectivity index is 1.71. The lowest BCUT2D eigenvalue weighted by atomic mass is 10.1. The lowest BCUT2D eigenvalue weighted by Crippen LogP contribution is -2.45. The third-order valence-electron chi connectivity index (χ3n) is 6.31. The fraction of sp³-hybridized carbons (Fsp3) is 0.483. The van der Waals surface area contributed by atoms with Crippen LogP contribution in [-0.4, -0.2) is 72.2 Å². The molecule has 3 N–H and O–H groups in total. The van der Waals surface area contributed by atoms with Gasteiger partial charge in [-0.25, -0.2) is 18.9 Å². The molecule has 1 aliphatic heterocycles. The van der Waals surface area contributed by atoms with Crippen molar-refractivity contribution in [2.45, 2.75) is 71.1 Å². The first-order valence-electron chi connectivity index (χ1n) is 14.1. The van der Waals surface area contributed by atoms with Crippen molar-refractivity contribution in [3.63, 3.8) is 0 Å². The standard InChI is InChI=1S/C29H39N4O12P/c1-17-15-33(27(37)31-24(17)34)23-13-12-21(43-23)16-42-46(39,32-18(2)25(35)40-6)45-20-10-8-19(9-11-20)14-22(26(36)41-7)30-28(38)44-29(3,4)5/h8-13,15,18,21-23H,14,16H2,1-7H3,(H,30,38)(H,32,39)(H,31,34,37). The van der Waals surface area contributed by atoms with Gasteiger partial charge in [0.2, 0.25) is 0 Å². The first-order chi connectivity index (χ1) is 21.5. The Labute approximate surface area is 264 Å². The van der Waals surface area contributed by atoms with Gasteiger partial charge in [0.1, 0.15) is 29.5 Å². The van der Waals surface area contributed by atoms with Gasteiger partial charge in [-0.1, -0.05) is 18.2 Å². The number of hydrogen-bond donors (Lipinski definition) is 3. The van der Waals surface area contributed by atoms with Gasteiger partial charge in [-0.15, -0.1) is 0 Å². The molecule has 16 nitrogen and oxygen atoms in total. The Morgan fingerprint density at radius 2 is 1.72 bits per heavy atom. The largest absolute Gasteiger partial charge is 0.468 e. The highest BCUT2D eigenvalue weighted by Crippen LogP contribution is 2.45. The van der Waals surface area contributed by atoms with Crippen LogP contribution in [0.5, 0.6) is 5.75 Å². The highest BCUT2D eigenvalue weighted by molar-refractivity contribution is 7.52. The number of alkyl carbamates (subject to hydrolysis) is 1. The van der Waals surface area contributed by atoms with Crippen molar-refractivity contribution < 1.29 is 46.9 Å². The zero-order valence-electron chi connectivity index (χ0n) is 26.6. The molecule has 1 aromatic heterocycles. The minimum absolute atomic E-state index is 0.0441. The molecule has 5 atom stereocenters. The van der Waals surface area contributed by atoms with Crippen molar-refractivity contribution in [3.8, 4) is 5.75 Å². The molecule has 0 aliphatic carbocycles. The van der Waals surface area contributed by atoms with Crippen LogP contribution in [0.1, 0.15) is 45.0 Å². The molecule has 5 unspecified atom stereocenters. The molecule has 2 aromatic rings. The van der Waals surface area contributed by atoms with Crippen molar-refractivity contribution in [2.24, 2.45) is 0 Å². The van der Waals surface area contributed by atoms with E-state index in [1.807, 2.05) is 0 Å². The summed E-state index contributed by atoms with van der Waals surface area (Å²) in [6, 6.07) is 3.93. The van der Waals surface area contributed by atoms with Crippen LogP contribution in [0.4, 0.5) is 4.79 Å². The normalized spacial score (nSPS) is 18.6. The Morgan fingerprint density at radius 3 is 2.33 bits per heavy atom. The topological polar surface area (TPSA) is 203 Å². The van der Waals surface area contributed by atoms with Gasteiger partial charge in [-0.05, 0) is 58.4 Å². The molecule has 17 heteroatoms. The smallest absolute Gasteiger partial charge is 0.459 e. The van der Waals surface area contributed by atoms with Crippen molar-refractivity contribution >= 4 is 25.8 Å². The van der Waals surface area contributed by atoms with Crippen LogP contribution in [-0.2, 0) is 44.0 Å². The van der Waals surface area contributed by atoms with E-state index in [1.165, 1.54) is 44.0 Å². The van der Waals surface area contributed by atoms with E-state index in [4.69, 9.17) is 28.0 Å². The molecule has 0 radical (unpaired) electrons. The van der Waals surface area contributed by atoms with E-state index < -0.39 is 67.0 Å². The van der Waals surface area contributed by atoms with E-state index in [9.17, 15) is 28.5 Å². The number of ether oxygens (including phenoxy) is 4. The highest BCUT2D eigenvalue weighted by Gasteiger charge is 2.34. The van der Waals surface area contributed by atoms with Crippen molar-refractivity contribution in [1.29, 1.82) is 0 Å². The summed E-state index contributed by atoms with van der Waals surface area (Å²) in [4.78, 5) is 62.8. The molecule has 1 aromatic carbocycles. The van der Waals surface area contributed by atoms with Crippen molar-refractivity contribution in [2.75, 3.05) is 20.8 Å². The molecule has 3 rings (SSSR count). The van der Waals surface area contributed by atoms with E-state index in [1.54, 1.807) is 52.0 Å². The monoisotopic (exact) mass is 666 g/mol. The number of aromatic amines is 1. The molecular formula is C29H39N4O12P. The van der Waals surface area contributed by atoms with E-state index in [0.29, 0.717) is 11.1 Å². The third kappa shape index (κ3) is 10.4. The fourth-order valence-electron chi connectivity index (χ4n) is 4.09. The summed E-state index contributed by atoms with van der Waals surface area (Å²) in [5.74, 6) is -1.32. The van der Waals surface area contributed by atoms with E-state index >= 15 is 0 Å². The summed E-state index contributed by atoms with van der Waals surface area (Å²) in [5, 5.41) is 5.02. The number of H-pyrrole nitrogens is 1. The first-order valence-corrected chi connectivity index (χ1v) is 15.7. The molecule has 1 aliphatic rings. The first kappa shape index (κ1) is 36.2. The van der Waals surface area contributed by atoms with Gasteiger partial charge in [0.15, 0.2) is 6.23 Å². The van der Waals surface area contributed by atoms with Crippen LogP contribution in [0.25, 0.3) is 0 Å². The number of benzene rings is 1. The number of methoxy groups -OCH3 is 2. The van der Waals surface area contributed by atoms with Gasteiger partial charge < -0.3 is 28.8 Å². The number of nitrogens with one attached hydrogen (secondary N) is 3. The van der Waals surface area contributed by atoms with E-state index in [-0.39, 0.29) is 18.8 Å². The van der Waals surface area contributed by atoms with Gasteiger partial charge in [-0.2, -0.15) is 5.09 Å². The Kier molecular flexibility index (Phi) is 12.1. The van der Waals surface area contributed by atoms with Crippen LogP contribution in [0, 0.1) is 6.92 Å². The average molecular weight is 667 g/mol. The number of amides is 1. The summed E-state index contributed by atoms with van der Waals surface area (Å²) >= 11 is 0. The molecule has 0 saturated carbocycles. The van der Waals surface area contributed by atoms with Gasteiger partial charge in [0.05, 0.1) is 20.8 Å². The van der Waals surface area contributed by atoms with Gasteiger partial charge in [-0.3, -0.25) is 23.7 Å². The number of hydrogen-bond acceptors (Lipinski definition) is 12. The Hall–Kier alpha value is -4.24. The average Bonchev–Trinajstić information content (AvgIpc) is 3.45. The summed E-state index contributed by atoms with van der Waals surface area (Å²) in [6.45, 7) is 7.71. The maximum atomic E-state index is 13.8. The maximum absolute atomic E-state index is 13.8. The van der Waals surface area contributed by atoms with Gasteiger partial charge in [0, 0.05) is 18.2 Å². The summed E-state index contributed by atoms with van der Waals surface area (Å²) in [6.07, 6.45) is 2.14. The number of aromatic nitrogens is 2. The predicted molar refractivity (Wildman–Crippen MR) is 163 cm³/mol. The minimum atomic E-state index is -4.26. The van der Waals surface area contributed by atoms with Gasteiger partial charge >= 0.3 is 31.5 Å². The quantitative estimate of drug-likeness (QED) is 0.122.